The second kappa shape index (κ2) is 56.0. The smallest absolute Gasteiger partial charge is 0 e. The Hall–Kier alpha value is -3.30. The van der Waals surface area contributed by atoms with Crippen LogP contribution in [0.25, 0.3) is 0 Å². The van der Waals surface area contributed by atoms with Gasteiger partial charge >= 0.3 is 0 Å². The zero-order valence-electron chi connectivity index (χ0n) is 56.5. The molecule has 0 saturated heterocycles. The van der Waals surface area contributed by atoms with Crippen molar-refractivity contribution < 1.29 is 0 Å². The molecule has 0 bridgehead atoms. The molecule has 0 heterocycles. The van der Waals surface area contributed by atoms with E-state index in [1.54, 1.807) is 0 Å². The maximum absolute atomic E-state index is 2.46. The van der Waals surface area contributed by atoms with Gasteiger partial charge in [0.1, 0.15) is 0 Å². The van der Waals surface area contributed by atoms with Crippen LogP contribution in [0, 0.1) is 0 Å². The first-order valence-corrected chi connectivity index (χ1v) is 39.5. The summed E-state index contributed by atoms with van der Waals surface area (Å²) in [7, 11) is 8.22. The van der Waals surface area contributed by atoms with Gasteiger partial charge in [-0.3, -0.25) is 0 Å². The number of rotatable bonds is 29. The van der Waals surface area contributed by atoms with Crippen molar-refractivity contribution in [1.29, 1.82) is 0 Å². The second-order valence-corrected chi connectivity index (χ2v) is 22.7. The Bertz CT molecular complexity index is 2220. The Balaban J connectivity index is -0.00000124. The molecule has 0 N–H and O–H groups in total. The van der Waals surface area contributed by atoms with Crippen LogP contribution in [0.15, 0.2) is 170 Å². The standard InChI is InChI=1S/C34H46.C33H44.2C4H11N.2C2H6.2CH4.I2/c1-5-15-27(7-3)31-21-23-32(24-22-31)34(25-28(8-4)29-17-11-9-12-18-29)26-33(16-6-2)30-19-13-10-14-20-30;1-5-15-26(6-2)31-20-22-32(23-21-31)33(24-27(7-3)29-16-11-9-12-17-29)25-28(8-4)30-18-13-10-14-19-30;2*1-4-5(2)3;2*1-2;;;1-2/h9-14,17-24,27-28,33-34H,5-8,15-16,25-26H2,1-4H3;9-14,16-23,26-28,33H,5-8,15,24-25H2,1-4H3;2*4H2,1-3H3;2*1-2H3;2*1H4;. The Labute approximate surface area is 553 Å². The van der Waals surface area contributed by atoms with Crippen LogP contribution in [0.3, 0.4) is 0 Å². The Kier molecular flexibility index (Phi) is 56.6. The highest BCUT2D eigenvalue weighted by Gasteiger charge is 2.25. The van der Waals surface area contributed by atoms with Gasteiger partial charge in [-0.05, 0) is 210 Å². The van der Waals surface area contributed by atoms with Gasteiger partial charge in [-0.25, -0.2) is 0 Å². The van der Waals surface area contributed by atoms with E-state index < -0.39 is 0 Å². The normalized spacial score (nSPS) is 13.2. The number of halogens is 2. The molecule has 0 saturated carbocycles. The SMILES string of the molecule is C.C.CC.CC.CCCC(CC)c1ccc(C(CC(CC)c2ccccc2)CC(CC)c2ccccc2)cc1.CCCC(CC)c1ccc(C(CC(CC)c2ccccc2)CC(CCC)c2ccccc2)cc1.CCN(C)C.CCN(C)C.II. The average molecular weight is 1390 g/mol. The molecule has 0 radical (unpaired) electrons. The molecule has 0 aromatic heterocycles. The fourth-order valence-corrected chi connectivity index (χ4v) is 11.4. The van der Waals surface area contributed by atoms with Crippen molar-refractivity contribution in [2.75, 3.05) is 41.3 Å². The third-order valence-corrected chi connectivity index (χ3v) is 16.8. The lowest BCUT2D eigenvalue weighted by molar-refractivity contribution is 0.434. The molecule has 85 heavy (non-hydrogen) atoms. The van der Waals surface area contributed by atoms with Gasteiger partial charge in [0.2, 0.25) is 0 Å². The average Bonchev–Trinajstić information content (AvgIpc) is 3.61. The molecular formula is C81H132I2N2. The highest BCUT2D eigenvalue weighted by atomic mass is 128. The highest BCUT2D eigenvalue weighted by molar-refractivity contribution is 15.0. The molecule has 480 valence electrons. The molecule has 0 aliphatic carbocycles. The van der Waals surface area contributed by atoms with Crippen molar-refractivity contribution in [1.82, 2.24) is 9.80 Å². The number of benzene rings is 6. The van der Waals surface area contributed by atoms with Crippen LogP contribution in [-0.2, 0) is 0 Å². The van der Waals surface area contributed by atoms with Crippen molar-refractivity contribution in [3.05, 3.63) is 214 Å². The molecule has 6 rings (SSSR count). The van der Waals surface area contributed by atoms with E-state index in [1.807, 2.05) is 27.7 Å². The summed E-state index contributed by atoms with van der Waals surface area (Å²) in [6.07, 6.45) is 18.5. The van der Waals surface area contributed by atoms with Crippen molar-refractivity contribution in [3.63, 3.8) is 0 Å². The topological polar surface area (TPSA) is 6.48 Å². The summed E-state index contributed by atoms with van der Waals surface area (Å²) in [4.78, 5) is 4.25. The van der Waals surface area contributed by atoms with Crippen molar-refractivity contribution >= 4 is 37.2 Å². The number of nitrogens with zero attached hydrogens (tertiary/aromatic N) is 2. The molecule has 0 spiro atoms. The summed E-state index contributed by atoms with van der Waals surface area (Å²) in [6.45, 7) is 33.2. The van der Waals surface area contributed by atoms with E-state index in [2.05, 4.69) is 314 Å². The Morgan fingerprint density at radius 3 is 0.612 bits per heavy atom. The minimum atomic E-state index is 0. The summed E-state index contributed by atoms with van der Waals surface area (Å²) in [6, 6.07) is 64.3. The van der Waals surface area contributed by atoms with E-state index in [-0.39, 0.29) is 14.9 Å². The van der Waals surface area contributed by atoms with Crippen molar-refractivity contribution in [3.8, 4) is 0 Å². The maximum atomic E-state index is 2.46. The van der Waals surface area contributed by atoms with E-state index in [9.17, 15) is 0 Å². The second-order valence-electron chi connectivity index (χ2n) is 22.7. The minimum absolute atomic E-state index is 0. The van der Waals surface area contributed by atoms with Gasteiger partial charge in [0.05, 0.1) is 0 Å². The predicted molar refractivity (Wildman–Crippen MR) is 408 cm³/mol. The maximum Gasteiger partial charge on any atom is 0 e. The van der Waals surface area contributed by atoms with Gasteiger partial charge in [0.15, 0.2) is 0 Å². The van der Waals surface area contributed by atoms with Gasteiger partial charge in [0, 0.05) is 37.2 Å². The van der Waals surface area contributed by atoms with Gasteiger partial charge < -0.3 is 9.80 Å². The molecule has 7 unspecified atom stereocenters. The van der Waals surface area contributed by atoms with Gasteiger partial charge in [-0.1, -0.05) is 301 Å². The van der Waals surface area contributed by atoms with E-state index >= 15 is 0 Å². The molecule has 0 aliphatic heterocycles. The van der Waals surface area contributed by atoms with Crippen LogP contribution in [0.1, 0.15) is 300 Å². The highest BCUT2D eigenvalue weighted by Crippen LogP contribution is 2.42. The van der Waals surface area contributed by atoms with Crippen molar-refractivity contribution in [2.45, 2.75) is 255 Å². The van der Waals surface area contributed by atoms with Crippen LogP contribution < -0.4 is 0 Å². The molecule has 6 aromatic carbocycles. The Morgan fingerprint density at radius 2 is 0.424 bits per heavy atom. The molecule has 0 fully saturated rings. The van der Waals surface area contributed by atoms with E-state index in [0.29, 0.717) is 47.3 Å². The minimum Gasteiger partial charge on any atom is -0.310 e. The van der Waals surface area contributed by atoms with Gasteiger partial charge in [-0.15, -0.1) is 0 Å². The van der Waals surface area contributed by atoms with Crippen LogP contribution in [0.2, 0.25) is 0 Å². The molecule has 2 nitrogen and oxygen atoms in total. The third kappa shape index (κ3) is 34.9. The zero-order chi connectivity index (χ0) is 62.2. The van der Waals surface area contributed by atoms with Crippen LogP contribution in [0.4, 0.5) is 0 Å². The first-order valence-electron chi connectivity index (χ1n) is 33.3. The first kappa shape index (κ1) is 85.9. The Morgan fingerprint density at radius 1 is 0.259 bits per heavy atom. The van der Waals surface area contributed by atoms with Gasteiger partial charge in [-0.2, -0.15) is 0 Å². The van der Waals surface area contributed by atoms with Crippen LogP contribution in [0.5, 0.6) is 0 Å². The lowest BCUT2D eigenvalue weighted by Gasteiger charge is -2.28. The molecule has 7 atom stereocenters. The summed E-state index contributed by atoms with van der Waals surface area (Å²) in [5.41, 5.74) is 12.1. The van der Waals surface area contributed by atoms with Crippen molar-refractivity contribution in [2.24, 2.45) is 0 Å². The number of hydrogen-bond donors (Lipinski definition) is 0. The summed E-state index contributed by atoms with van der Waals surface area (Å²) in [5.74, 6) is 4.97. The predicted octanol–water partition coefficient (Wildman–Crippen LogP) is 27.1. The molecular weight excluding hydrogens is 1250 g/mol. The number of hydrogen-bond acceptors (Lipinski definition) is 2. The quantitative estimate of drug-likeness (QED) is 0.0432. The summed E-state index contributed by atoms with van der Waals surface area (Å²) in [5, 5.41) is 0. The largest absolute Gasteiger partial charge is 0.310 e. The van der Waals surface area contributed by atoms with Gasteiger partial charge in [0.25, 0.3) is 0 Å². The summed E-state index contributed by atoms with van der Waals surface area (Å²) < 4.78 is 0. The van der Waals surface area contributed by atoms with E-state index in [1.165, 1.54) is 141 Å². The molecule has 4 heteroatoms. The molecule has 6 aromatic rings. The monoisotopic (exact) mass is 1390 g/mol. The molecule has 0 aliphatic rings. The first-order chi connectivity index (χ1) is 40.4. The lowest BCUT2D eigenvalue weighted by atomic mass is 9.76. The fraction of sp³-hybridized carbons (Fsp3) is 0.556. The lowest BCUT2D eigenvalue weighted by Crippen LogP contribution is -2.11. The zero-order valence-corrected chi connectivity index (χ0v) is 60.8. The summed E-state index contributed by atoms with van der Waals surface area (Å²) >= 11 is 4.24. The van der Waals surface area contributed by atoms with E-state index in [4.69, 9.17) is 0 Å². The molecule has 0 amide bonds. The van der Waals surface area contributed by atoms with E-state index in [0.717, 1.165) is 13.1 Å². The van der Waals surface area contributed by atoms with Crippen LogP contribution in [-0.4, -0.2) is 51.1 Å². The third-order valence-electron chi connectivity index (χ3n) is 16.8. The van der Waals surface area contributed by atoms with Crippen LogP contribution >= 0.6 is 37.2 Å². The fourth-order valence-electron chi connectivity index (χ4n) is 11.4.